The minimum Gasteiger partial charge on any atom is -0.285 e. The molecule has 0 aromatic heterocycles. The first-order valence-electron chi connectivity index (χ1n) is 7.88. The molecule has 0 amide bonds. The van der Waals surface area contributed by atoms with Crippen LogP contribution in [0.1, 0.15) is 24.1 Å². The molecule has 3 aromatic rings. The van der Waals surface area contributed by atoms with E-state index >= 15 is 0 Å². The number of rotatable bonds is 4. The van der Waals surface area contributed by atoms with Crippen molar-refractivity contribution in [2.45, 2.75) is 13.0 Å². The SMILES string of the molecule is CC(N=Cc1ccc(-c2ccccc2)cc1)c1ccc(Cl)c(Cl)c1Cl. The Morgan fingerprint density at radius 1 is 0.760 bits per heavy atom. The first-order chi connectivity index (χ1) is 12.1. The van der Waals surface area contributed by atoms with E-state index in [2.05, 4.69) is 41.4 Å². The fraction of sp³-hybridized carbons (Fsp3) is 0.0952. The first kappa shape index (κ1) is 18.0. The van der Waals surface area contributed by atoms with E-state index in [1.807, 2.05) is 37.4 Å². The summed E-state index contributed by atoms with van der Waals surface area (Å²) in [5, 5.41) is 1.27. The highest BCUT2D eigenvalue weighted by molar-refractivity contribution is 6.48. The van der Waals surface area contributed by atoms with Crippen LogP contribution in [0.4, 0.5) is 0 Å². The zero-order chi connectivity index (χ0) is 17.8. The van der Waals surface area contributed by atoms with E-state index in [0.29, 0.717) is 15.1 Å². The molecule has 0 spiro atoms. The molecule has 0 heterocycles. The van der Waals surface area contributed by atoms with Crippen LogP contribution < -0.4 is 0 Å². The summed E-state index contributed by atoms with van der Waals surface area (Å²) in [6.45, 7) is 1.97. The molecule has 0 aliphatic carbocycles. The van der Waals surface area contributed by atoms with Gasteiger partial charge in [-0.05, 0) is 35.2 Å². The largest absolute Gasteiger partial charge is 0.285 e. The molecule has 1 atom stereocenters. The Balaban J connectivity index is 1.77. The van der Waals surface area contributed by atoms with Crippen molar-refractivity contribution in [3.63, 3.8) is 0 Å². The molecule has 3 rings (SSSR count). The molecule has 0 fully saturated rings. The van der Waals surface area contributed by atoms with Crippen molar-refractivity contribution in [1.29, 1.82) is 0 Å². The minimum absolute atomic E-state index is 0.115. The standard InChI is InChI=1S/C21H16Cl3N/c1-14(18-11-12-19(22)21(24)20(18)23)25-13-15-7-9-17(10-8-15)16-5-3-2-4-6-16/h2-14H,1H3. The van der Waals surface area contributed by atoms with Crippen LogP contribution in [0, 0.1) is 0 Å². The van der Waals surface area contributed by atoms with Gasteiger partial charge in [-0.1, -0.05) is 95.5 Å². The zero-order valence-electron chi connectivity index (χ0n) is 13.6. The van der Waals surface area contributed by atoms with Crippen molar-refractivity contribution >= 4 is 41.0 Å². The molecular weight excluding hydrogens is 373 g/mol. The Bertz CT molecular complexity index is 887. The molecule has 1 unspecified atom stereocenters. The van der Waals surface area contributed by atoms with Gasteiger partial charge in [-0.25, -0.2) is 0 Å². The zero-order valence-corrected chi connectivity index (χ0v) is 15.9. The van der Waals surface area contributed by atoms with Crippen molar-refractivity contribution in [1.82, 2.24) is 0 Å². The smallest absolute Gasteiger partial charge is 0.0782 e. The lowest BCUT2D eigenvalue weighted by Gasteiger charge is -2.11. The summed E-state index contributed by atoms with van der Waals surface area (Å²) in [6, 6.07) is 22.0. The number of hydrogen-bond acceptors (Lipinski definition) is 1. The highest BCUT2D eigenvalue weighted by Crippen LogP contribution is 2.36. The predicted molar refractivity (Wildman–Crippen MR) is 109 cm³/mol. The maximum Gasteiger partial charge on any atom is 0.0782 e. The van der Waals surface area contributed by atoms with Gasteiger partial charge in [-0.2, -0.15) is 0 Å². The summed E-state index contributed by atoms with van der Waals surface area (Å²) in [7, 11) is 0. The molecule has 0 radical (unpaired) electrons. The fourth-order valence-electron chi connectivity index (χ4n) is 2.53. The van der Waals surface area contributed by atoms with Crippen LogP contribution in [0.2, 0.25) is 15.1 Å². The van der Waals surface area contributed by atoms with Gasteiger partial charge in [0.15, 0.2) is 0 Å². The van der Waals surface area contributed by atoms with Crippen LogP contribution in [-0.4, -0.2) is 6.21 Å². The van der Waals surface area contributed by atoms with E-state index < -0.39 is 0 Å². The summed E-state index contributed by atoms with van der Waals surface area (Å²) in [5.74, 6) is 0. The van der Waals surface area contributed by atoms with E-state index in [1.54, 1.807) is 6.07 Å². The van der Waals surface area contributed by atoms with Crippen LogP contribution in [0.5, 0.6) is 0 Å². The number of halogens is 3. The Kier molecular flexibility index (Phi) is 5.80. The third kappa shape index (κ3) is 4.24. The van der Waals surface area contributed by atoms with Gasteiger partial charge in [-0.15, -0.1) is 0 Å². The van der Waals surface area contributed by atoms with Gasteiger partial charge >= 0.3 is 0 Å². The maximum absolute atomic E-state index is 6.27. The van der Waals surface area contributed by atoms with Crippen molar-refractivity contribution in [3.8, 4) is 11.1 Å². The number of hydrogen-bond donors (Lipinski definition) is 0. The third-order valence-corrected chi connectivity index (χ3v) is 5.29. The molecule has 0 N–H and O–H groups in total. The topological polar surface area (TPSA) is 12.4 Å². The molecule has 25 heavy (non-hydrogen) atoms. The average Bonchev–Trinajstić information content (AvgIpc) is 2.65. The molecule has 3 aromatic carbocycles. The lowest BCUT2D eigenvalue weighted by atomic mass is 10.0. The van der Waals surface area contributed by atoms with Crippen molar-refractivity contribution in [2.75, 3.05) is 0 Å². The average molecular weight is 389 g/mol. The summed E-state index contributed by atoms with van der Waals surface area (Å²) in [4.78, 5) is 4.59. The van der Waals surface area contributed by atoms with Crippen molar-refractivity contribution < 1.29 is 0 Å². The molecule has 1 nitrogen and oxygen atoms in total. The summed E-state index contributed by atoms with van der Waals surface area (Å²) in [6.07, 6.45) is 1.85. The summed E-state index contributed by atoms with van der Waals surface area (Å²) < 4.78 is 0. The maximum atomic E-state index is 6.27. The Morgan fingerprint density at radius 3 is 2.08 bits per heavy atom. The summed E-state index contributed by atoms with van der Waals surface area (Å²) in [5.41, 5.74) is 4.26. The van der Waals surface area contributed by atoms with E-state index in [1.165, 1.54) is 11.1 Å². The van der Waals surface area contributed by atoms with Gasteiger partial charge in [0.1, 0.15) is 0 Å². The highest BCUT2D eigenvalue weighted by Gasteiger charge is 2.13. The first-order valence-corrected chi connectivity index (χ1v) is 9.01. The molecule has 0 saturated heterocycles. The molecule has 0 bridgehead atoms. The lowest BCUT2D eigenvalue weighted by Crippen LogP contribution is -1.93. The molecule has 4 heteroatoms. The van der Waals surface area contributed by atoms with Crippen molar-refractivity contribution in [2.24, 2.45) is 4.99 Å². The van der Waals surface area contributed by atoms with Gasteiger partial charge < -0.3 is 0 Å². The molecule has 0 saturated carbocycles. The Hall–Kier alpha value is -1.80. The Labute approximate surface area is 162 Å². The van der Waals surface area contributed by atoms with Gasteiger partial charge in [0.05, 0.1) is 21.1 Å². The molecule has 0 aliphatic heterocycles. The highest BCUT2D eigenvalue weighted by atomic mass is 35.5. The summed E-state index contributed by atoms with van der Waals surface area (Å²) >= 11 is 18.4. The third-order valence-electron chi connectivity index (χ3n) is 3.98. The second-order valence-corrected chi connectivity index (χ2v) is 6.87. The van der Waals surface area contributed by atoms with Crippen LogP contribution in [0.25, 0.3) is 11.1 Å². The van der Waals surface area contributed by atoms with Crippen molar-refractivity contribution in [3.05, 3.63) is 92.9 Å². The molecule has 0 aliphatic rings. The predicted octanol–water partition coefficient (Wildman–Crippen LogP) is 7.49. The van der Waals surface area contributed by atoms with Crippen LogP contribution in [-0.2, 0) is 0 Å². The van der Waals surface area contributed by atoms with Gasteiger partial charge in [0.2, 0.25) is 0 Å². The Morgan fingerprint density at radius 2 is 1.40 bits per heavy atom. The van der Waals surface area contributed by atoms with Crippen LogP contribution >= 0.6 is 34.8 Å². The number of aliphatic imine (C=N–C) groups is 1. The molecular formula is C21H16Cl3N. The van der Waals surface area contributed by atoms with Crippen LogP contribution in [0.15, 0.2) is 71.7 Å². The monoisotopic (exact) mass is 387 g/mol. The molecule has 126 valence electrons. The van der Waals surface area contributed by atoms with Crippen LogP contribution in [0.3, 0.4) is 0 Å². The van der Waals surface area contributed by atoms with E-state index in [-0.39, 0.29) is 6.04 Å². The lowest BCUT2D eigenvalue weighted by molar-refractivity contribution is 0.825. The second kappa shape index (κ2) is 8.05. The second-order valence-electron chi connectivity index (χ2n) is 5.71. The van der Waals surface area contributed by atoms with E-state index in [0.717, 1.165) is 11.1 Å². The van der Waals surface area contributed by atoms with Gasteiger partial charge in [0.25, 0.3) is 0 Å². The van der Waals surface area contributed by atoms with Gasteiger partial charge in [-0.3, -0.25) is 4.99 Å². The van der Waals surface area contributed by atoms with E-state index in [4.69, 9.17) is 34.8 Å². The van der Waals surface area contributed by atoms with Gasteiger partial charge in [0, 0.05) is 6.21 Å². The number of benzene rings is 3. The normalized spacial score (nSPS) is 12.5. The van der Waals surface area contributed by atoms with E-state index in [9.17, 15) is 0 Å². The fourth-order valence-corrected chi connectivity index (χ4v) is 3.23. The number of nitrogens with zero attached hydrogens (tertiary/aromatic N) is 1. The quantitative estimate of drug-likeness (QED) is 0.324. The minimum atomic E-state index is -0.115.